The van der Waals surface area contributed by atoms with Crippen LogP contribution in [0.2, 0.25) is 0 Å². The van der Waals surface area contributed by atoms with Gasteiger partial charge in [0.05, 0.1) is 5.69 Å². The van der Waals surface area contributed by atoms with Gasteiger partial charge in [-0.3, -0.25) is 0 Å². The fourth-order valence-corrected chi connectivity index (χ4v) is 2.91. The zero-order valence-electron chi connectivity index (χ0n) is 12.7. The van der Waals surface area contributed by atoms with Crippen LogP contribution in [-0.4, -0.2) is 0 Å². The number of anilines is 3. The summed E-state index contributed by atoms with van der Waals surface area (Å²) in [6.45, 7) is 0. The molecule has 109 valence electrons. The summed E-state index contributed by atoms with van der Waals surface area (Å²) in [5.41, 5.74) is 3.46. The van der Waals surface area contributed by atoms with Crippen molar-refractivity contribution in [3.05, 3.63) is 103 Å². The SMILES string of the molecule is [c]1ccc(N(c2ccccc2)c2ccccc2)c2ccccc12. The lowest BCUT2D eigenvalue weighted by Crippen LogP contribution is -2.10. The number of hydrogen-bond acceptors (Lipinski definition) is 1. The molecule has 0 saturated heterocycles. The molecule has 0 N–H and O–H groups in total. The quantitative estimate of drug-likeness (QED) is 0.440. The molecule has 1 nitrogen and oxygen atoms in total. The first-order valence-corrected chi connectivity index (χ1v) is 7.73. The number of rotatable bonds is 3. The van der Waals surface area contributed by atoms with Gasteiger partial charge in [0.25, 0.3) is 0 Å². The Bertz CT molecular complexity index is 869. The lowest BCUT2D eigenvalue weighted by atomic mass is 10.1. The zero-order valence-corrected chi connectivity index (χ0v) is 12.7. The monoisotopic (exact) mass is 294 g/mol. The molecule has 0 spiro atoms. The summed E-state index contributed by atoms with van der Waals surface area (Å²) in [5.74, 6) is 0. The van der Waals surface area contributed by atoms with Gasteiger partial charge in [0, 0.05) is 16.8 Å². The first kappa shape index (κ1) is 13.6. The molecule has 1 heteroatoms. The number of hydrogen-bond donors (Lipinski definition) is 0. The Morgan fingerprint density at radius 1 is 0.565 bits per heavy atom. The van der Waals surface area contributed by atoms with Crippen molar-refractivity contribution in [2.24, 2.45) is 0 Å². The van der Waals surface area contributed by atoms with Gasteiger partial charge in [-0.15, -0.1) is 0 Å². The fourth-order valence-electron chi connectivity index (χ4n) is 2.91. The molecular formula is C22H16N. The van der Waals surface area contributed by atoms with E-state index in [9.17, 15) is 0 Å². The minimum Gasteiger partial charge on any atom is -0.310 e. The Hall–Kier alpha value is -3.06. The molecular weight excluding hydrogens is 278 g/mol. The molecule has 0 atom stereocenters. The summed E-state index contributed by atoms with van der Waals surface area (Å²) in [6, 6.07) is 36.8. The van der Waals surface area contributed by atoms with Gasteiger partial charge in [-0.2, -0.15) is 0 Å². The highest BCUT2D eigenvalue weighted by Gasteiger charge is 2.14. The number of nitrogens with zero attached hydrogens (tertiary/aromatic N) is 1. The van der Waals surface area contributed by atoms with E-state index >= 15 is 0 Å². The standard InChI is InChI=1S/C22H16N/c1-3-12-19(13-4-1)23(20-14-5-2-6-15-20)22-17-9-11-18-10-7-8-16-21(18)22/h1-10,12-17H. The molecule has 0 aromatic heterocycles. The van der Waals surface area contributed by atoms with Crippen LogP contribution in [-0.2, 0) is 0 Å². The van der Waals surface area contributed by atoms with Crippen molar-refractivity contribution in [1.29, 1.82) is 0 Å². The Balaban J connectivity index is 1.98. The highest BCUT2D eigenvalue weighted by molar-refractivity contribution is 5.98. The van der Waals surface area contributed by atoms with Crippen molar-refractivity contribution in [2.75, 3.05) is 4.90 Å². The maximum atomic E-state index is 3.32. The van der Waals surface area contributed by atoms with Gasteiger partial charge < -0.3 is 4.90 Å². The van der Waals surface area contributed by atoms with Gasteiger partial charge in [0.2, 0.25) is 0 Å². The van der Waals surface area contributed by atoms with Crippen LogP contribution >= 0.6 is 0 Å². The third-order valence-corrected chi connectivity index (χ3v) is 3.95. The first-order chi connectivity index (χ1) is 11.4. The summed E-state index contributed by atoms with van der Waals surface area (Å²) in [4.78, 5) is 2.29. The second-order valence-electron chi connectivity index (χ2n) is 5.42. The predicted octanol–water partition coefficient (Wildman–Crippen LogP) is 6.11. The lowest BCUT2D eigenvalue weighted by Gasteiger charge is -2.26. The van der Waals surface area contributed by atoms with E-state index in [4.69, 9.17) is 0 Å². The van der Waals surface area contributed by atoms with Crippen molar-refractivity contribution in [3.63, 3.8) is 0 Å². The zero-order chi connectivity index (χ0) is 15.5. The molecule has 0 bridgehead atoms. The largest absolute Gasteiger partial charge is 0.310 e. The Kier molecular flexibility index (Phi) is 3.53. The molecule has 0 aliphatic carbocycles. The van der Waals surface area contributed by atoms with Gasteiger partial charge in [0.15, 0.2) is 0 Å². The van der Waals surface area contributed by atoms with Crippen LogP contribution in [0.15, 0.2) is 97.1 Å². The third-order valence-electron chi connectivity index (χ3n) is 3.95. The van der Waals surface area contributed by atoms with Crippen molar-refractivity contribution in [3.8, 4) is 0 Å². The molecule has 4 aromatic rings. The van der Waals surface area contributed by atoms with E-state index < -0.39 is 0 Å². The molecule has 4 rings (SSSR count). The number of benzene rings is 4. The number of para-hydroxylation sites is 2. The van der Waals surface area contributed by atoms with Gasteiger partial charge in [-0.1, -0.05) is 66.7 Å². The Morgan fingerprint density at radius 2 is 1.13 bits per heavy atom. The Labute approximate surface area is 136 Å². The molecule has 0 heterocycles. The van der Waals surface area contributed by atoms with Crippen LogP contribution in [0.5, 0.6) is 0 Å². The van der Waals surface area contributed by atoms with Crippen LogP contribution in [0.4, 0.5) is 17.1 Å². The summed E-state index contributed by atoms with van der Waals surface area (Å²) in [5, 5.41) is 2.32. The topological polar surface area (TPSA) is 3.24 Å². The highest BCUT2D eigenvalue weighted by atomic mass is 15.1. The highest BCUT2D eigenvalue weighted by Crippen LogP contribution is 2.38. The normalized spacial score (nSPS) is 10.6. The molecule has 0 aliphatic rings. The molecule has 4 aromatic carbocycles. The van der Waals surface area contributed by atoms with Crippen molar-refractivity contribution in [1.82, 2.24) is 0 Å². The van der Waals surface area contributed by atoms with E-state index in [0.717, 1.165) is 22.4 Å². The van der Waals surface area contributed by atoms with Crippen molar-refractivity contribution in [2.45, 2.75) is 0 Å². The van der Waals surface area contributed by atoms with Gasteiger partial charge in [-0.25, -0.2) is 0 Å². The third kappa shape index (κ3) is 2.58. The average Bonchev–Trinajstić information content (AvgIpc) is 2.64. The van der Waals surface area contributed by atoms with Gasteiger partial charge in [-0.05, 0) is 41.8 Å². The summed E-state index contributed by atoms with van der Waals surface area (Å²) < 4.78 is 0. The smallest absolute Gasteiger partial charge is 0.0540 e. The summed E-state index contributed by atoms with van der Waals surface area (Å²) >= 11 is 0. The summed E-state index contributed by atoms with van der Waals surface area (Å²) in [6.07, 6.45) is 0. The first-order valence-electron chi connectivity index (χ1n) is 7.73. The van der Waals surface area contributed by atoms with E-state index in [2.05, 4.69) is 89.8 Å². The van der Waals surface area contributed by atoms with E-state index in [1.165, 1.54) is 5.39 Å². The van der Waals surface area contributed by atoms with Crippen LogP contribution in [0.3, 0.4) is 0 Å². The van der Waals surface area contributed by atoms with Crippen molar-refractivity contribution < 1.29 is 0 Å². The minimum atomic E-state index is 1.13. The van der Waals surface area contributed by atoms with Gasteiger partial charge in [0.1, 0.15) is 0 Å². The van der Waals surface area contributed by atoms with Crippen molar-refractivity contribution >= 4 is 27.8 Å². The van der Waals surface area contributed by atoms with Crippen LogP contribution < -0.4 is 4.90 Å². The molecule has 0 fully saturated rings. The lowest BCUT2D eigenvalue weighted by molar-refractivity contribution is 1.30. The number of fused-ring (bicyclic) bond motifs is 1. The van der Waals surface area contributed by atoms with E-state index in [-0.39, 0.29) is 0 Å². The molecule has 0 amide bonds. The fraction of sp³-hybridized carbons (Fsp3) is 0. The van der Waals surface area contributed by atoms with E-state index in [1.54, 1.807) is 0 Å². The second-order valence-corrected chi connectivity index (χ2v) is 5.42. The maximum Gasteiger partial charge on any atom is 0.0540 e. The van der Waals surface area contributed by atoms with E-state index in [1.807, 2.05) is 18.2 Å². The summed E-state index contributed by atoms with van der Waals surface area (Å²) in [7, 11) is 0. The minimum absolute atomic E-state index is 1.13. The maximum absolute atomic E-state index is 3.32. The van der Waals surface area contributed by atoms with Gasteiger partial charge >= 0.3 is 0 Å². The molecule has 0 aliphatic heterocycles. The average molecular weight is 294 g/mol. The van der Waals surface area contributed by atoms with E-state index in [0.29, 0.717) is 0 Å². The second kappa shape index (κ2) is 5.98. The molecule has 23 heavy (non-hydrogen) atoms. The molecule has 0 unspecified atom stereocenters. The molecule has 1 radical (unpaired) electrons. The van der Waals surface area contributed by atoms with Crippen LogP contribution in [0.25, 0.3) is 10.8 Å². The predicted molar refractivity (Wildman–Crippen MR) is 97.5 cm³/mol. The van der Waals surface area contributed by atoms with Crippen LogP contribution in [0, 0.1) is 6.07 Å². The Morgan fingerprint density at radius 3 is 1.78 bits per heavy atom. The van der Waals surface area contributed by atoms with Crippen LogP contribution in [0.1, 0.15) is 0 Å². The molecule has 0 saturated carbocycles.